The Morgan fingerprint density at radius 3 is 2.91 bits per heavy atom. The third kappa shape index (κ3) is 4.44. The number of aliphatic imine (C=N–C) groups is 2. The van der Waals surface area contributed by atoms with Crippen LogP contribution in [0.4, 0.5) is 4.39 Å². The maximum absolute atomic E-state index is 14.5. The molecule has 0 amide bonds. The fourth-order valence-corrected chi connectivity index (χ4v) is 4.69. The maximum Gasteiger partial charge on any atom is 0.167 e. The summed E-state index contributed by atoms with van der Waals surface area (Å²) in [5, 5.41) is 11.8. The van der Waals surface area contributed by atoms with E-state index in [-0.39, 0.29) is 23.2 Å². The number of benzene rings is 1. The molecule has 1 atom stereocenters. The van der Waals surface area contributed by atoms with Crippen LogP contribution in [0.15, 0.2) is 27.2 Å². The minimum atomic E-state index is -0.383. The molecule has 2 aromatic rings. The number of nitrogens with zero attached hydrogens (tertiary/aromatic N) is 6. The summed E-state index contributed by atoms with van der Waals surface area (Å²) < 4.78 is 20.4. The standard InChI is InChI=1S/C21H27FN8OS/c1-21(2-3-21)31-18-8-14-16(9-15(18)22)27-28-20(14)17-10-19(25-11-24-17)30-6-4-29(5-7-30)13-32-12-26-23/h8-9,11-12,17H,2-7,10,13,23H2,1H3,(H,27,28). The van der Waals surface area contributed by atoms with Gasteiger partial charge in [0.05, 0.1) is 22.6 Å². The summed E-state index contributed by atoms with van der Waals surface area (Å²) in [7, 11) is 0. The number of amidine groups is 1. The molecule has 2 fully saturated rings. The highest BCUT2D eigenvalue weighted by molar-refractivity contribution is 8.12. The van der Waals surface area contributed by atoms with Gasteiger partial charge < -0.3 is 15.5 Å². The summed E-state index contributed by atoms with van der Waals surface area (Å²) in [5.41, 5.74) is 2.86. The second-order valence-corrected chi connectivity index (χ2v) is 9.48. The van der Waals surface area contributed by atoms with Gasteiger partial charge in [-0.15, -0.1) is 0 Å². The summed E-state index contributed by atoms with van der Waals surface area (Å²) >= 11 is 1.60. The highest BCUT2D eigenvalue weighted by Gasteiger charge is 2.40. The van der Waals surface area contributed by atoms with E-state index >= 15 is 0 Å². The van der Waals surface area contributed by atoms with Crippen LogP contribution in [0.2, 0.25) is 0 Å². The summed E-state index contributed by atoms with van der Waals surface area (Å²) in [6, 6.07) is 3.05. The van der Waals surface area contributed by atoms with E-state index in [0.717, 1.165) is 61.8 Å². The highest BCUT2D eigenvalue weighted by Crippen LogP contribution is 2.41. The topological polar surface area (TPSA) is 107 Å². The van der Waals surface area contributed by atoms with E-state index in [1.54, 1.807) is 29.7 Å². The van der Waals surface area contributed by atoms with E-state index in [0.29, 0.717) is 11.9 Å². The Labute approximate surface area is 190 Å². The van der Waals surface area contributed by atoms with Crippen molar-refractivity contribution < 1.29 is 9.13 Å². The first kappa shape index (κ1) is 21.2. The lowest BCUT2D eigenvalue weighted by Crippen LogP contribution is -2.49. The number of thioether (sulfide) groups is 1. The third-order valence-electron chi connectivity index (χ3n) is 6.24. The van der Waals surface area contributed by atoms with Crippen molar-refractivity contribution in [2.45, 2.75) is 37.8 Å². The molecule has 1 unspecified atom stereocenters. The number of rotatable bonds is 6. The van der Waals surface area contributed by atoms with E-state index in [1.165, 1.54) is 6.07 Å². The van der Waals surface area contributed by atoms with Crippen molar-refractivity contribution in [3.05, 3.63) is 23.6 Å². The van der Waals surface area contributed by atoms with Gasteiger partial charge in [-0.3, -0.25) is 15.0 Å². The van der Waals surface area contributed by atoms with Crippen LogP contribution >= 0.6 is 11.8 Å². The number of hydrogen-bond donors (Lipinski definition) is 2. The molecular weight excluding hydrogens is 431 g/mol. The van der Waals surface area contributed by atoms with E-state index in [2.05, 4.69) is 35.1 Å². The molecule has 3 N–H and O–H groups in total. The number of halogens is 1. The van der Waals surface area contributed by atoms with E-state index in [4.69, 9.17) is 10.6 Å². The van der Waals surface area contributed by atoms with Crippen molar-refractivity contribution >= 4 is 40.4 Å². The fourth-order valence-electron chi connectivity index (χ4n) is 4.07. The Morgan fingerprint density at radius 2 is 2.16 bits per heavy atom. The summed E-state index contributed by atoms with van der Waals surface area (Å²) in [6.45, 7) is 5.73. The molecular formula is C21H27FN8OS. The smallest absolute Gasteiger partial charge is 0.167 e. The summed E-state index contributed by atoms with van der Waals surface area (Å²) in [5.74, 6) is 6.96. The van der Waals surface area contributed by atoms with Gasteiger partial charge in [0.15, 0.2) is 11.6 Å². The lowest BCUT2D eigenvalue weighted by molar-refractivity contribution is 0.191. The van der Waals surface area contributed by atoms with Crippen LogP contribution in [0.25, 0.3) is 10.9 Å². The average Bonchev–Trinajstić information content (AvgIpc) is 3.39. The molecule has 0 radical (unpaired) electrons. The predicted molar refractivity (Wildman–Crippen MR) is 126 cm³/mol. The van der Waals surface area contributed by atoms with Gasteiger partial charge in [0.25, 0.3) is 0 Å². The van der Waals surface area contributed by atoms with Crippen LogP contribution < -0.4 is 10.6 Å². The van der Waals surface area contributed by atoms with Gasteiger partial charge in [-0.25, -0.2) is 9.38 Å². The molecule has 170 valence electrons. The molecule has 1 aromatic heterocycles. The van der Waals surface area contributed by atoms with Crippen LogP contribution in [-0.2, 0) is 0 Å². The molecule has 1 aromatic carbocycles. The number of fused-ring (bicyclic) bond motifs is 1. The fraction of sp³-hybridized carbons (Fsp3) is 0.524. The van der Waals surface area contributed by atoms with Gasteiger partial charge in [-0.05, 0) is 25.8 Å². The first-order valence-corrected chi connectivity index (χ1v) is 11.8. The number of aromatic nitrogens is 2. The minimum absolute atomic E-state index is 0.142. The van der Waals surface area contributed by atoms with Crippen molar-refractivity contribution in [1.82, 2.24) is 20.0 Å². The molecule has 3 aliphatic rings. The first-order chi connectivity index (χ1) is 15.5. The largest absolute Gasteiger partial charge is 0.484 e. The number of aromatic amines is 1. The molecule has 5 rings (SSSR count). The molecule has 1 aliphatic carbocycles. The second kappa shape index (κ2) is 8.70. The average molecular weight is 459 g/mol. The Kier molecular flexibility index (Phi) is 5.76. The monoisotopic (exact) mass is 458 g/mol. The number of nitrogens with two attached hydrogens (primary N) is 1. The van der Waals surface area contributed by atoms with Crippen molar-refractivity contribution in [3.63, 3.8) is 0 Å². The SMILES string of the molecule is CC1(Oc2cc3c(C4CC(N5CCN(CSC=NN)CC5)=NC=N4)[nH]nc3cc2F)CC1. The Hall–Kier alpha value is -2.66. The summed E-state index contributed by atoms with van der Waals surface area (Å²) in [6.07, 6.45) is 4.19. The minimum Gasteiger partial charge on any atom is -0.484 e. The third-order valence-corrected chi connectivity index (χ3v) is 7.03. The zero-order valence-electron chi connectivity index (χ0n) is 18.0. The Bertz CT molecular complexity index is 1070. The van der Waals surface area contributed by atoms with Crippen LogP contribution in [-0.4, -0.2) is 75.4 Å². The predicted octanol–water partition coefficient (Wildman–Crippen LogP) is 2.72. The lowest BCUT2D eigenvalue weighted by atomic mass is 10.0. The van der Waals surface area contributed by atoms with Crippen molar-refractivity contribution in [1.29, 1.82) is 0 Å². The van der Waals surface area contributed by atoms with E-state index in [9.17, 15) is 4.39 Å². The van der Waals surface area contributed by atoms with Crippen LogP contribution in [0.1, 0.15) is 37.9 Å². The molecule has 3 heterocycles. The Morgan fingerprint density at radius 1 is 1.34 bits per heavy atom. The molecule has 9 nitrogen and oxygen atoms in total. The number of nitrogens with one attached hydrogen (secondary N) is 1. The zero-order chi connectivity index (χ0) is 22.1. The number of ether oxygens (including phenoxy) is 1. The molecule has 11 heteroatoms. The molecule has 1 saturated heterocycles. The number of hydrazone groups is 1. The molecule has 32 heavy (non-hydrogen) atoms. The highest BCUT2D eigenvalue weighted by atomic mass is 32.2. The van der Waals surface area contributed by atoms with Gasteiger partial charge in [0.1, 0.15) is 23.8 Å². The van der Waals surface area contributed by atoms with Gasteiger partial charge in [0, 0.05) is 44.1 Å². The first-order valence-electron chi connectivity index (χ1n) is 10.8. The maximum atomic E-state index is 14.5. The Balaban J connectivity index is 1.28. The normalized spacial score (nSPS) is 23.1. The quantitative estimate of drug-likeness (QED) is 0.298. The van der Waals surface area contributed by atoms with Crippen molar-refractivity contribution in [3.8, 4) is 5.75 Å². The van der Waals surface area contributed by atoms with Crippen molar-refractivity contribution in [2.75, 3.05) is 32.1 Å². The lowest BCUT2D eigenvalue weighted by Gasteiger charge is -2.37. The van der Waals surface area contributed by atoms with Gasteiger partial charge in [-0.2, -0.15) is 10.2 Å². The summed E-state index contributed by atoms with van der Waals surface area (Å²) in [4.78, 5) is 13.8. The van der Waals surface area contributed by atoms with Gasteiger partial charge in [-0.1, -0.05) is 11.8 Å². The molecule has 0 spiro atoms. The molecule has 0 bridgehead atoms. The number of hydrogen-bond acceptors (Lipinski definition) is 9. The van der Waals surface area contributed by atoms with Crippen LogP contribution in [0, 0.1) is 5.82 Å². The number of H-pyrrole nitrogens is 1. The zero-order valence-corrected chi connectivity index (χ0v) is 18.8. The second-order valence-electron chi connectivity index (χ2n) is 8.67. The molecule has 2 aliphatic heterocycles. The van der Waals surface area contributed by atoms with Crippen LogP contribution in [0.5, 0.6) is 5.75 Å². The molecule has 1 saturated carbocycles. The van der Waals surface area contributed by atoms with E-state index in [1.807, 2.05) is 6.92 Å². The van der Waals surface area contributed by atoms with Gasteiger partial charge >= 0.3 is 0 Å². The number of piperazine rings is 1. The van der Waals surface area contributed by atoms with Gasteiger partial charge in [0.2, 0.25) is 0 Å². The van der Waals surface area contributed by atoms with Crippen LogP contribution in [0.3, 0.4) is 0 Å². The van der Waals surface area contributed by atoms with E-state index < -0.39 is 0 Å². The van der Waals surface area contributed by atoms with Crippen molar-refractivity contribution in [2.24, 2.45) is 20.9 Å².